The fraction of sp³-hybridized carbons (Fsp3) is 0.538. The molecule has 4 N–H and O–H groups in total. The maximum Gasteiger partial charge on any atom is 0.112 e. The first-order valence-electron chi connectivity index (χ1n) is 6.08. The molecule has 5 nitrogen and oxygen atoms in total. The SMILES string of the molecule is OC[C@H]1NC[C@H](O)[C@@H](OCc2ccccc2)[C@@H]1O. The molecule has 1 aliphatic rings. The fourth-order valence-corrected chi connectivity index (χ4v) is 2.11. The lowest BCUT2D eigenvalue weighted by molar-refractivity contribution is -0.137. The summed E-state index contributed by atoms with van der Waals surface area (Å²) in [6.45, 7) is 0.457. The molecule has 2 rings (SSSR count). The molecule has 0 amide bonds. The van der Waals surface area contributed by atoms with Gasteiger partial charge in [0.05, 0.1) is 25.4 Å². The Morgan fingerprint density at radius 3 is 2.61 bits per heavy atom. The lowest BCUT2D eigenvalue weighted by Gasteiger charge is -2.37. The number of nitrogens with one attached hydrogen (secondary N) is 1. The molecule has 1 saturated heterocycles. The third-order valence-corrected chi connectivity index (χ3v) is 3.20. The normalized spacial score (nSPS) is 32.4. The smallest absolute Gasteiger partial charge is 0.112 e. The van der Waals surface area contributed by atoms with Gasteiger partial charge < -0.3 is 25.4 Å². The summed E-state index contributed by atoms with van der Waals surface area (Å²) in [5, 5.41) is 31.7. The van der Waals surface area contributed by atoms with Gasteiger partial charge in [0.1, 0.15) is 12.2 Å². The van der Waals surface area contributed by atoms with E-state index in [1.54, 1.807) is 0 Å². The molecule has 0 bridgehead atoms. The van der Waals surface area contributed by atoms with E-state index in [0.29, 0.717) is 13.2 Å². The van der Waals surface area contributed by atoms with E-state index in [9.17, 15) is 10.2 Å². The zero-order valence-electron chi connectivity index (χ0n) is 10.1. The Labute approximate surface area is 106 Å². The molecule has 1 fully saturated rings. The zero-order chi connectivity index (χ0) is 13.0. The third kappa shape index (κ3) is 3.07. The summed E-state index contributed by atoms with van der Waals surface area (Å²) < 4.78 is 5.57. The molecule has 0 radical (unpaired) electrons. The van der Waals surface area contributed by atoms with Crippen LogP contribution in [0.15, 0.2) is 30.3 Å². The molecular weight excluding hydrogens is 234 g/mol. The number of hydrogen-bond acceptors (Lipinski definition) is 5. The van der Waals surface area contributed by atoms with E-state index in [2.05, 4.69) is 5.32 Å². The van der Waals surface area contributed by atoms with E-state index in [1.807, 2.05) is 30.3 Å². The first kappa shape index (κ1) is 13.5. The minimum absolute atomic E-state index is 0.181. The molecule has 0 aromatic heterocycles. The van der Waals surface area contributed by atoms with Crippen LogP contribution in [-0.2, 0) is 11.3 Å². The number of ether oxygens (including phenoxy) is 1. The number of aliphatic hydroxyl groups is 3. The fourth-order valence-electron chi connectivity index (χ4n) is 2.11. The minimum Gasteiger partial charge on any atom is -0.395 e. The van der Waals surface area contributed by atoms with Crippen molar-refractivity contribution in [3.8, 4) is 0 Å². The molecule has 100 valence electrons. The van der Waals surface area contributed by atoms with Gasteiger partial charge in [0, 0.05) is 6.54 Å². The van der Waals surface area contributed by atoms with Crippen molar-refractivity contribution in [3.05, 3.63) is 35.9 Å². The largest absolute Gasteiger partial charge is 0.395 e. The molecular formula is C13H19NO4. The minimum atomic E-state index is -0.914. The number of hydrogen-bond donors (Lipinski definition) is 4. The molecule has 0 spiro atoms. The number of aliphatic hydroxyl groups excluding tert-OH is 3. The van der Waals surface area contributed by atoms with E-state index >= 15 is 0 Å². The average molecular weight is 253 g/mol. The summed E-state index contributed by atoms with van der Waals surface area (Å²) in [6, 6.07) is 9.12. The second kappa shape index (κ2) is 6.26. The maximum absolute atomic E-state index is 9.97. The Hall–Kier alpha value is -0.980. The Kier molecular flexibility index (Phi) is 4.68. The lowest BCUT2D eigenvalue weighted by atomic mass is 9.96. The van der Waals surface area contributed by atoms with Crippen LogP contribution < -0.4 is 5.32 Å². The Balaban J connectivity index is 1.94. The number of β-amino-alcohol motifs (C(OH)–C–C–N with tert-alkyl or cyclic N) is 1. The topological polar surface area (TPSA) is 82.0 Å². The van der Waals surface area contributed by atoms with Crippen LogP contribution in [0.2, 0.25) is 0 Å². The van der Waals surface area contributed by atoms with Gasteiger partial charge in [0.25, 0.3) is 0 Å². The highest BCUT2D eigenvalue weighted by atomic mass is 16.5. The average Bonchev–Trinajstić information content (AvgIpc) is 2.40. The molecule has 0 aliphatic carbocycles. The van der Waals surface area contributed by atoms with Crippen molar-refractivity contribution in [2.75, 3.05) is 13.2 Å². The quantitative estimate of drug-likeness (QED) is 0.568. The van der Waals surface area contributed by atoms with Crippen LogP contribution in [0.25, 0.3) is 0 Å². The summed E-state index contributed by atoms with van der Waals surface area (Å²) >= 11 is 0. The lowest BCUT2D eigenvalue weighted by Crippen LogP contribution is -2.61. The van der Waals surface area contributed by atoms with Gasteiger partial charge in [-0.1, -0.05) is 30.3 Å². The van der Waals surface area contributed by atoms with Gasteiger partial charge in [-0.25, -0.2) is 0 Å². The predicted octanol–water partition coefficient (Wildman–Crippen LogP) is -0.742. The highest BCUT2D eigenvalue weighted by Crippen LogP contribution is 2.16. The van der Waals surface area contributed by atoms with Crippen LogP contribution >= 0.6 is 0 Å². The number of benzene rings is 1. The summed E-state index contributed by atoms with van der Waals surface area (Å²) in [4.78, 5) is 0. The van der Waals surface area contributed by atoms with Crippen LogP contribution in [0.1, 0.15) is 5.56 Å². The molecule has 1 heterocycles. The van der Waals surface area contributed by atoms with Crippen LogP contribution in [0.3, 0.4) is 0 Å². The zero-order valence-corrected chi connectivity index (χ0v) is 10.1. The summed E-state index contributed by atoms with van der Waals surface area (Å²) in [7, 11) is 0. The molecule has 1 aliphatic heterocycles. The van der Waals surface area contributed by atoms with Crippen molar-refractivity contribution in [3.63, 3.8) is 0 Å². The van der Waals surface area contributed by atoms with E-state index in [1.165, 1.54) is 0 Å². The van der Waals surface area contributed by atoms with Crippen molar-refractivity contribution in [2.45, 2.75) is 31.0 Å². The molecule has 18 heavy (non-hydrogen) atoms. The molecule has 1 aromatic carbocycles. The van der Waals surface area contributed by atoms with E-state index in [-0.39, 0.29) is 6.61 Å². The van der Waals surface area contributed by atoms with Gasteiger partial charge in [-0.2, -0.15) is 0 Å². The van der Waals surface area contributed by atoms with Crippen molar-refractivity contribution in [1.82, 2.24) is 5.32 Å². The highest BCUT2D eigenvalue weighted by Gasteiger charge is 2.37. The van der Waals surface area contributed by atoms with Crippen molar-refractivity contribution >= 4 is 0 Å². The first-order chi connectivity index (χ1) is 8.72. The number of rotatable bonds is 4. The predicted molar refractivity (Wildman–Crippen MR) is 65.9 cm³/mol. The van der Waals surface area contributed by atoms with Crippen molar-refractivity contribution in [1.29, 1.82) is 0 Å². The highest BCUT2D eigenvalue weighted by molar-refractivity contribution is 5.13. The Bertz CT molecular complexity index is 359. The van der Waals surface area contributed by atoms with Crippen LogP contribution in [0.4, 0.5) is 0 Å². The Morgan fingerprint density at radius 1 is 1.22 bits per heavy atom. The summed E-state index contributed by atoms with van der Waals surface area (Å²) in [5.74, 6) is 0. The van der Waals surface area contributed by atoms with Gasteiger partial charge in [0.15, 0.2) is 0 Å². The van der Waals surface area contributed by atoms with E-state index < -0.39 is 24.4 Å². The number of piperidine rings is 1. The van der Waals surface area contributed by atoms with Gasteiger partial charge in [0.2, 0.25) is 0 Å². The van der Waals surface area contributed by atoms with Gasteiger partial charge in [-0.15, -0.1) is 0 Å². The molecule has 1 aromatic rings. The third-order valence-electron chi connectivity index (χ3n) is 3.20. The van der Waals surface area contributed by atoms with Gasteiger partial charge in [-0.3, -0.25) is 0 Å². The van der Waals surface area contributed by atoms with Crippen molar-refractivity contribution < 1.29 is 20.1 Å². The van der Waals surface area contributed by atoms with E-state index in [0.717, 1.165) is 5.56 Å². The van der Waals surface area contributed by atoms with E-state index in [4.69, 9.17) is 9.84 Å². The monoisotopic (exact) mass is 253 g/mol. The Morgan fingerprint density at radius 2 is 1.94 bits per heavy atom. The van der Waals surface area contributed by atoms with Crippen LogP contribution in [0.5, 0.6) is 0 Å². The molecule has 4 atom stereocenters. The second-order valence-corrected chi connectivity index (χ2v) is 4.52. The van der Waals surface area contributed by atoms with Crippen molar-refractivity contribution in [2.24, 2.45) is 0 Å². The van der Waals surface area contributed by atoms with Gasteiger partial charge >= 0.3 is 0 Å². The standard InChI is InChI=1S/C13H19NO4/c15-7-10-12(17)13(11(16)6-14-10)18-8-9-4-2-1-3-5-9/h1-5,10-17H,6-8H2/t10-,11+,12-,13-/m1/s1. The molecule has 0 unspecified atom stereocenters. The second-order valence-electron chi connectivity index (χ2n) is 4.52. The van der Waals surface area contributed by atoms with Gasteiger partial charge in [-0.05, 0) is 5.56 Å². The molecule has 5 heteroatoms. The first-order valence-corrected chi connectivity index (χ1v) is 6.08. The summed E-state index contributed by atoms with van der Waals surface area (Å²) in [5.41, 5.74) is 0.982. The summed E-state index contributed by atoms with van der Waals surface area (Å²) in [6.07, 6.45) is -2.36. The van der Waals surface area contributed by atoms with Crippen LogP contribution in [-0.4, -0.2) is 52.8 Å². The maximum atomic E-state index is 9.97. The van der Waals surface area contributed by atoms with Crippen LogP contribution in [0, 0.1) is 0 Å². The molecule has 0 saturated carbocycles.